The van der Waals surface area contributed by atoms with E-state index >= 15 is 0 Å². The molecule has 1 heterocycles. The van der Waals surface area contributed by atoms with Gasteiger partial charge in [0.1, 0.15) is 0 Å². The van der Waals surface area contributed by atoms with E-state index in [-0.39, 0.29) is 0 Å². The second-order valence-corrected chi connectivity index (χ2v) is 6.98. The first kappa shape index (κ1) is 13.4. The maximum atomic E-state index is 11.0. The molecule has 1 unspecified atom stereocenters. The van der Waals surface area contributed by atoms with Crippen LogP contribution in [0, 0.1) is 0 Å². The Balaban J connectivity index is 2.72. The Morgan fingerprint density at radius 3 is 2.33 bits per heavy atom. The molecule has 1 aliphatic heterocycles. The molecule has 0 aliphatic carbocycles. The van der Waals surface area contributed by atoms with Crippen LogP contribution in [0.25, 0.3) is 0 Å². The standard InChI is InChI=1S/C6H12O6.H2O.O.Sb/c7-1-3(9)5(11)6(12)4(10)2-8;;;/h3-9,11H,1-2H2;1H2;;/q-2;;;+3/p-1/t3-,4-,5-,6-;;;/m1.../s1. The van der Waals surface area contributed by atoms with Crippen LogP contribution in [-0.2, 0) is 9.05 Å². The Morgan fingerprint density at radius 2 is 1.87 bits per heavy atom. The second kappa shape index (κ2) is 5.11. The van der Waals surface area contributed by atoms with Crippen molar-refractivity contribution >= 4 is 20.1 Å². The zero-order valence-electron chi connectivity index (χ0n) is 7.63. The van der Waals surface area contributed by atoms with E-state index < -0.39 is 57.7 Å². The topological polar surface area (TPSA) is 137 Å². The summed E-state index contributed by atoms with van der Waals surface area (Å²) in [7, 11) is 0. The van der Waals surface area contributed by atoms with Crippen molar-refractivity contribution in [3.63, 3.8) is 0 Å². The monoisotopic (exact) mass is 334 g/mol. The Bertz CT molecular complexity index is 258. The molecule has 0 aromatic carbocycles. The third kappa shape index (κ3) is 3.15. The predicted molar refractivity (Wildman–Crippen MR) is 44.6 cm³/mol. The van der Waals surface area contributed by atoms with Crippen molar-refractivity contribution in [3.05, 3.63) is 0 Å². The molecular weight excluding hydrogens is 322 g/mol. The van der Waals surface area contributed by atoms with E-state index in [0.717, 1.165) is 0 Å². The quantitative estimate of drug-likeness (QED) is 0.332. The van der Waals surface area contributed by atoms with Crippen LogP contribution >= 0.6 is 0 Å². The van der Waals surface area contributed by atoms with E-state index in [1.165, 1.54) is 0 Å². The van der Waals surface area contributed by atoms with Gasteiger partial charge in [-0.15, -0.1) is 0 Å². The fourth-order valence-corrected chi connectivity index (χ4v) is 4.50. The zero-order chi connectivity index (χ0) is 11.6. The van der Waals surface area contributed by atoms with E-state index in [9.17, 15) is 8.12 Å². The van der Waals surface area contributed by atoms with Crippen LogP contribution in [0.4, 0.5) is 0 Å². The molecule has 1 aliphatic rings. The Hall–Kier alpha value is 0.338. The Kier molecular flexibility index (Phi) is 4.57. The average Bonchev–Trinajstić information content (AvgIpc) is 2.51. The van der Waals surface area contributed by atoms with Crippen molar-refractivity contribution in [1.82, 2.24) is 0 Å². The molecule has 15 heavy (non-hydrogen) atoms. The van der Waals surface area contributed by atoms with Crippen molar-refractivity contribution in [2.24, 2.45) is 0 Å². The number of rotatable bonds is 4. The van der Waals surface area contributed by atoms with E-state index in [1.807, 2.05) is 0 Å². The van der Waals surface area contributed by atoms with E-state index in [4.69, 9.17) is 18.7 Å². The normalized spacial score (nSPS) is 40.3. The number of aliphatic hydroxyl groups is 4. The van der Waals surface area contributed by atoms with E-state index in [1.54, 1.807) is 0 Å². The molecule has 90 valence electrons. The fourth-order valence-electron chi connectivity index (χ4n) is 1.22. The van der Waals surface area contributed by atoms with Crippen LogP contribution < -0.4 is 0 Å². The second-order valence-electron chi connectivity index (χ2n) is 3.11. The first-order valence-corrected chi connectivity index (χ1v) is 8.45. The minimum atomic E-state index is -5.19. The van der Waals surface area contributed by atoms with Crippen LogP contribution in [0.5, 0.6) is 0 Å². The third-order valence-corrected chi connectivity index (χ3v) is 4.98. The molecule has 0 amide bonds. The van der Waals surface area contributed by atoms with Crippen molar-refractivity contribution in [1.29, 1.82) is 0 Å². The van der Waals surface area contributed by atoms with Gasteiger partial charge in [-0.3, -0.25) is 0 Å². The van der Waals surface area contributed by atoms with Crippen molar-refractivity contribution in [3.8, 4) is 0 Å². The van der Waals surface area contributed by atoms with E-state index in [0.29, 0.717) is 0 Å². The van der Waals surface area contributed by atoms with Gasteiger partial charge in [0.15, 0.2) is 0 Å². The van der Waals surface area contributed by atoms with Crippen molar-refractivity contribution < 1.29 is 32.9 Å². The average molecular weight is 335 g/mol. The molecule has 0 bridgehead atoms. The molecule has 0 aromatic rings. The first-order valence-electron chi connectivity index (χ1n) is 4.18. The van der Waals surface area contributed by atoms with Gasteiger partial charge in [0, 0.05) is 0 Å². The summed E-state index contributed by atoms with van der Waals surface area (Å²) < 4.78 is 29.1. The van der Waals surface area contributed by atoms with Crippen LogP contribution in [0.15, 0.2) is 0 Å². The summed E-state index contributed by atoms with van der Waals surface area (Å²) in [4.78, 5) is 0. The summed E-state index contributed by atoms with van der Waals surface area (Å²) in [5, 5.41) is 35.9. The molecule has 0 spiro atoms. The van der Waals surface area contributed by atoms with Gasteiger partial charge in [-0.1, -0.05) is 0 Å². The minimum absolute atomic E-state index is 0.626. The molecule has 1 fully saturated rings. The van der Waals surface area contributed by atoms with Gasteiger partial charge in [0.2, 0.25) is 0 Å². The van der Waals surface area contributed by atoms with Crippen molar-refractivity contribution in [2.45, 2.75) is 24.4 Å². The molecule has 0 radical (unpaired) electrons. The number of hydrogen-bond acceptors (Lipinski definition) is 7. The number of hydrogen-bond donors (Lipinski definition) is 5. The molecule has 8 nitrogen and oxygen atoms in total. The zero-order valence-corrected chi connectivity index (χ0v) is 10.2. The molecule has 9 heteroatoms. The van der Waals surface area contributed by atoms with Crippen molar-refractivity contribution in [2.75, 3.05) is 13.2 Å². The third-order valence-electron chi connectivity index (χ3n) is 1.99. The molecule has 5 N–H and O–H groups in total. The maximum absolute atomic E-state index is 11.0. The van der Waals surface area contributed by atoms with Gasteiger partial charge in [-0.05, 0) is 0 Å². The first-order chi connectivity index (χ1) is 6.91. The fraction of sp³-hybridized carbons (Fsp3) is 1.00. The van der Waals surface area contributed by atoms with Gasteiger partial charge >= 0.3 is 90.5 Å². The number of aliphatic hydroxyl groups excluding tert-OH is 4. The molecule has 0 aromatic heterocycles. The summed E-state index contributed by atoms with van der Waals surface area (Å²) in [6, 6.07) is 0. The van der Waals surface area contributed by atoms with Gasteiger partial charge in [-0.25, -0.2) is 0 Å². The van der Waals surface area contributed by atoms with Gasteiger partial charge in [0.05, 0.1) is 0 Å². The summed E-state index contributed by atoms with van der Waals surface area (Å²) in [5.74, 6) is 0. The van der Waals surface area contributed by atoms with Gasteiger partial charge in [0.25, 0.3) is 0 Å². The van der Waals surface area contributed by atoms with E-state index in [2.05, 4.69) is 6.03 Å². The summed E-state index contributed by atoms with van der Waals surface area (Å²) in [6.07, 6.45) is -5.60. The van der Waals surface area contributed by atoms with Crippen LogP contribution in [0.3, 0.4) is 0 Å². The Labute approximate surface area is 90.8 Å². The van der Waals surface area contributed by atoms with Crippen LogP contribution in [0.1, 0.15) is 0 Å². The molecular formula is C6H13O8Sb. The molecule has 1 rings (SSSR count). The Morgan fingerprint density at radius 1 is 1.27 bits per heavy atom. The molecule has 0 saturated carbocycles. The molecule has 5 atom stereocenters. The van der Waals surface area contributed by atoms with Crippen LogP contribution in [-0.4, -0.2) is 81.5 Å². The molecule has 1 saturated heterocycles. The predicted octanol–water partition coefficient (Wildman–Crippen LogP) is -3.66. The summed E-state index contributed by atoms with van der Waals surface area (Å²) in [5.41, 5.74) is 0. The summed E-state index contributed by atoms with van der Waals surface area (Å²) >= 11 is -5.19. The van der Waals surface area contributed by atoms with Gasteiger partial charge < -0.3 is 0 Å². The van der Waals surface area contributed by atoms with Crippen LogP contribution in [0.2, 0.25) is 0 Å². The van der Waals surface area contributed by atoms with Gasteiger partial charge in [-0.2, -0.15) is 0 Å². The SMILES string of the molecule is [O]=[Sb]1([OH])[O][C@@H]([C@H](O)[C@H](O)CO)[C@@H](CO)[O]1. The summed E-state index contributed by atoms with van der Waals surface area (Å²) in [6.45, 7) is -1.36.